The molecule has 0 saturated heterocycles. The maximum absolute atomic E-state index is 4.26. The molecule has 2 aromatic heterocycles. The Morgan fingerprint density at radius 2 is 2.25 bits per heavy atom. The SMILES string of the molecule is Cn1ccnc1CCNCc1ccncn1. The van der Waals surface area contributed by atoms with Gasteiger partial charge in [-0.15, -0.1) is 0 Å². The van der Waals surface area contributed by atoms with Gasteiger partial charge in [0.2, 0.25) is 0 Å². The van der Waals surface area contributed by atoms with Crippen LogP contribution in [0.25, 0.3) is 0 Å². The third-order valence-electron chi connectivity index (χ3n) is 2.40. The summed E-state index contributed by atoms with van der Waals surface area (Å²) in [6.45, 7) is 1.67. The summed E-state index contributed by atoms with van der Waals surface area (Å²) in [7, 11) is 2.01. The zero-order chi connectivity index (χ0) is 11.2. The van der Waals surface area contributed by atoms with Gasteiger partial charge in [0.15, 0.2) is 0 Å². The van der Waals surface area contributed by atoms with Crippen molar-refractivity contribution in [2.75, 3.05) is 6.54 Å². The predicted octanol–water partition coefficient (Wildman–Crippen LogP) is 0.542. The van der Waals surface area contributed by atoms with Gasteiger partial charge < -0.3 is 9.88 Å². The summed E-state index contributed by atoms with van der Waals surface area (Å²) in [5.41, 5.74) is 1.01. The van der Waals surface area contributed by atoms with Gasteiger partial charge in [0.25, 0.3) is 0 Å². The highest BCUT2D eigenvalue weighted by atomic mass is 15.0. The molecule has 84 valence electrons. The van der Waals surface area contributed by atoms with Crippen molar-refractivity contribution in [3.8, 4) is 0 Å². The zero-order valence-corrected chi connectivity index (χ0v) is 9.30. The number of hydrogen-bond donors (Lipinski definition) is 1. The lowest BCUT2D eigenvalue weighted by Gasteiger charge is -2.04. The van der Waals surface area contributed by atoms with Gasteiger partial charge in [-0.05, 0) is 6.07 Å². The monoisotopic (exact) mass is 217 g/mol. The van der Waals surface area contributed by atoms with E-state index in [1.54, 1.807) is 12.5 Å². The van der Waals surface area contributed by atoms with Crippen molar-refractivity contribution in [3.05, 3.63) is 42.5 Å². The molecule has 0 fully saturated rings. The van der Waals surface area contributed by atoms with Crippen molar-refractivity contribution in [1.82, 2.24) is 24.8 Å². The van der Waals surface area contributed by atoms with Crippen molar-refractivity contribution in [2.24, 2.45) is 7.05 Å². The van der Waals surface area contributed by atoms with E-state index in [1.165, 1.54) is 0 Å². The summed E-state index contributed by atoms with van der Waals surface area (Å²) >= 11 is 0. The normalized spacial score (nSPS) is 10.6. The molecule has 0 atom stereocenters. The van der Waals surface area contributed by atoms with Crippen LogP contribution in [0.5, 0.6) is 0 Å². The maximum atomic E-state index is 4.26. The Balaban J connectivity index is 1.72. The number of nitrogens with one attached hydrogen (secondary N) is 1. The molecule has 2 rings (SSSR count). The molecule has 16 heavy (non-hydrogen) atoms. The minimum Gasteiger partial charge on any atom is -0.338 e. The first-order valence-corrected chi connectivity index (χ1v) is 5.28. The highest BCUT2D eigenvalue weighted by Gasteiger charge is 1.98. The van der Waals surface area contributed by atoms with Crippen molar-refractivity contribution in [2.45, 2.75) is 13.0 Å². The van der Waals surface area contributed by atoms with Crippen LogP contribution in [-0.4, -0.2) is 26.1 Å². The van der Waals surface area contributed by atoms with E-state index in [2.05, 4.69) is 20.3 Å². The van der Waals surface area contributed by atoms with Gasteiger partial charge in [-0.3, -0.25) is 0 Å². The molecular weight excluding hydrogens is 202 g/mol. The van der Waals surface area contributed by atoms with Crippen LogP contribution in [0.4, 0.5) is 0 Å². The topological polar surface area (TPSA) is 55.6 Å². The van der Waals surface area contributed by atoms with E-state index in [0.29, 0.717) is 0 Å². The van der Waals surface area contributed by atoms with Gasteiger partial charge >= 0.3 is 0 Å². The molecule has 5 heteroatoms. The zero-order valence-electron chi connectivity index (χ0n) is 9.30. The summed E-state index contributed by atoms with van der Waals surface area (Å²) in [6.07, 6.45) is 8.02. The number of rotatable bonds is 5. The number of aryl methyl sites for hydroxylation is 1. The van der Waals surface area contributed by atoms with Crippen LogP contribution in [0.1, 0.15) is 11.5 Å². The minimum atomic E-state index is 0.771. The second-order valence-corrected chi connectivity index (χ2v) is 3.58. The average Bonchev–Trinajstić information content (AvgIpc) is 2.72. The second-order valence-electron chi connectivity index (χ2n) is 3.58. The minimum absolute atomic E-state index is 0.771. The maximum Gasteiger partial charge on any atom is 0.115 e. The van der Waals surface area contributed by atoms with Gasteiger partial charge in [0.05, 0.1) is 5.69 Å². The molecule has 0 aromatic carbocycles. The summed E-state index contributed by atoms with van der Waals surface area (Å²) < 4.78 is 2.03. The summed E-state index contributed by atoms with van der Waals surface area (Å²) in [6, 6.07) is 1.91. The van der Waals surface area contributed by atoms with Gasteiger partial charge in [-0.2, -0.15) is 0 Å². The summed E-state index contributed by atoms with van der Waals surface area (Å²) in [5.74, 6) is 1.09. The Morgan fingerprint density at radius 3 is 2.94 bits per heavy atom. The molecule has 0 amide bonds. The molecule has 0 aliphatic rings. The summed E-state index contributed by atoms with van der Waals surface area (Å²) in [4.78, 5) is 12.3. The molecule has 0 radical (unpaired) electrons. The fourth-order valence-electron chi connectivity index (χ4n) is 1.48. The van der Waals surface area contributed by atoms with Crippen LogP contribution in [-0.2, 0) is 20.0 Å². The van der Waals surface area contributed by atoms with Gasteiger partial charge in [0, 0.05) is 45.1 Å². The average molecular weight is 217 g/mol. The number of nitrogens with zero attached hydrogens (tertiary/aromatic N) is 4. The molecule has 0 spiro atoms. The van der Waals surface area contributed by atoms with Crippen LogP contribution in [0.3, 0.4) is 0 Å². The first kappa shape index (κ1) is 10.8. The van der Waals surface area contributed by atoms with Crippen molar-refractivity contribution >= 4 is 0 Å². The van der Waals surface area contributed by atoms with Crippen LogP contribution in [0, 0.1) is 0 Å². The fraction of sp³-hybridized carbons (Fsp3) is 0.364. The molecule has 2 aromatic rings. The van der Waals surface area contributed by atoms with Crippen LogP contribution in [0.15, 0.2) is 31.0 Å². The van der Waals surface area contributed by atoms with E-state index in [-0.39, 0.29) is 0 Å². The Kier molecular flexibility index (Phi) is 3.61. The van der Waals surface area contributed by atoms with E-state index >= 15 is 0 Å². The van der Waals surface area contributed by atoms with Crippen LogP contribution in [0.2, 0.25) is 0 Å². The lowest BCUT2D eigenvalue weighted by molar-refractivity contribution is 0.645. The lowest BCUT2D eigenvalue weighted by atomic mass is 10.3. The quantitative estimate of drug-likeness (QED) is 0.743. The van der Waals surface area contributed by atoms with E-state index in [1.807, 2.05) is 30.1 Å². The summed E-state index contributed by atoms with van der Waals surface area (Å²) in [5, 5.41) is 3.32. The van der Waals surface area contributed by atoms with Gasteiger partial charge in [0.1, 0.15) is 12.2 Å². The Hall–Kier alpha value is -1.75. The Bertz CT molecular complexity index is 423. The molecule has 0 aliphatic heterocycles. The first-order chi connectivity index (χ1) is 7.86. The number of aromatic nitrogens is 4. The second kappa shape index (κ2) is 5.37. The molecule has 0 unspecified atom stereocenters. The highest BCUT2D eigenvalue weighted by molar-refractivity contribution is 4.97. The fourth-order valence-corrected chi connectivity index (χ4v) is 1.48. The number of hydrogen-bond acceptors (Lipinski definition) is 4. The van der Waals surface area contributed by atoms with Crippen LogP contribution >= 0.6 is 0 Å². The van der Waals surface area contributed by atoms with Crippen molar-refractivity contribution in [3.63, 3.8) is 0 Å². The Morgan fingerprint density at radius 1 is 1.31 bits per heavy atom. The molecular formula is C11H15N5. The predicted molar refractivity (Wildman–Crippen MR) is 60.7 cm³/mol. The van der Waals surface area contributed by atoms with E-state index in [0.717, 1.165) is 31.0 Å². The van der Waals surface area contributed by atoms with E-state index < -0.39 is 0 Å². The standard InChI is InChI=1S/C11H15N5/c1-16-7-6-14-11(16)3-5-12-8-10-2-4-13-9-15-10/h2,4,6-7,9,12H,3,5,8H2,1H3. The first-order valence-electron chi connectivity index (χ1n) is 5.28. The third-order valence-corrected chi connectivity index (χ3v) is 2.40. The third kappa shape index (κ3) is 2.87. The molecule has 0 saturated carbocycles. The Labute approximate surface area is 94.6 Å². The molecule has 5 nitrogen and oxygen atoms in total. The highest BCUT2D eigenvalue weighted by Crippen LogP contribution is 1.95. The molecule has 0 bridgehead atoms. The number of imidazole rings is 1. The van der Waals surface area contributed by atoms with Crippen LogP contribution < -0.4 is 5.32 Å². The largest absolute Gasteiger partial charge is 0.338 e. The molecule has 0 aliphatic carbocycles. The van der Waals surface area contributed by atoms with Gasteiger partial charge in [-0.25, -0.2) is 15.0 Å². The van der Waals surface area contributed by atoms with Gasteiger partial charge in [-0.1, -0.05) is 0 Å². The smallest absolute Gasteiger partial charge is 0.115 e. The molecule has 2 heterocycles. The molecule has 1 N–H and O–H groups in total. The van der Waals surface area contributed by atoms with Crippen molar-refractivity contribution in [1.29, 1.82) is 0 Å². The van der Waals surface area contributed by atoms with E-state index in [9.17, 15) is 0 Å². The van der Waals surface area contributed by atoms with Crippen molar-refractivity contribution < 1.29 is 0 Å². The lowest BCUT2D eigenvalue weighted by Crippen LogP contribution is -2.18. The van der Waals surface area contributed by atoms with E-state index in [4.69, 9.17) is 0 Å².